The summed E-state index contributed by atoms with van der Waals surface area (Å²) in [5, 5.41) is 10.2. The van der Waals surface area contributed by atoms with Gasteiger partial charge in [-0.1, -0.05) is 18.2 Å². The van der Waals surface area contributed by atoms with Crippen molar-refractivity contribution in [2.75, 3.05) is 0 Å². The van der Waals surface area contributed by atoms with E-state index in [1.54, 1.807) is 6.21 Å². The Kier molecular flexibility index (Phi) is 2.88. The van der Waals surface area contributed by atoms with Gasteiger partial charge in [-0.2, -0.15) is 5.26 Å². The minimum atomic E-state index is 0.368. The zero-order valence-electron chi connectivity index (χ0n) is 11.3. The molecule has 3 rings (SSSR count). The van der Waals surface area contributed by atoms with Gasteiger partial charge in [0.05, 0.1) is 0 Å². The molecular formula is C16H13N3O. The largest absolute Gasteiger partial charge is 0.442 e. The first-order valence-electron chi connectivity index (χ1n) is 6.31. The lowest BCUT2D eigenvalue weighted by Gasteiger charge is -1.91. The van der Waals surface area contributed by atoms with Crippen LogP contribution in [0.4, 0.5) is 5.88 Å². The SMILES string of the molecule is Cc1oc(N=Cc2c[nH]c3ccccc23)c(C#N)c1C. The number of aromatic nitrogens is 1. The van der Waals surface area contributed by atoms with E-state index in [-0.39, 0.29) is 0 Å². The van der Waals surface area contributed by atoms with Crippen molar-refractivity contribution in [2.45, 2.75) is 13.8 Å². The second kappa shape index (κ2) is 4.71. The minimum absolute atomic E-state index is 0.368. The average Bonchev–Trinajstić information content (AvgIpc) is 2.99. The van der Waals surface area contributed by atoms with Crippen LogP contribution in [0.1, 0.15) is 22.5 Å². The van der Waals surface area contributed by atoms with E-state index in [4.69, 9.17) is 9.68 Å². The van der Waals surface area contributed by atoms with Crippen LogP contribution in [-0.2, 0) is 0 Å². The fourth-order valence-electron chi connectivity index (χ4n) is 2.16. The fraction of sp³-hybridized carbons (Fsp3) is 0.125. The summed E-state index contributed by atoms with van der Waals surface area (Å²) in [5.74, 6) is 1.10. The van der Waals surface area contributed by atoms with Crippen molar-refractivity contribution in [1.82, 2.24) is 4.98 Å². The molecule has 0 radical (unpaired) electrons. The van der Waals surface area contributed by atoms with Crippen molar-refractivity contribution in [2.24, 2.45) is 4.99 Å². The number of H-pyrrole nitrogens is 1. The van der Waals surface area contributed by atoms with Crippen LogP contribution in [0.25, 0.3) is 10.9 Å². The molecule has 0 unspecified atom stereocenters. The van der Waals surface area contributed by atoms with E-state index in [0.29, 0.717) is 11.4 Å². The molecule has 0 saturated carbocycles. The molecule has 0 saturated heterocycles. The highest BCUT2D eigenvalue weighted by molar-refractivity contribution is 5.99. The van der Waals surface area contributed by atoms with Crippen LogP contribution < -0.4 is 0 Å². The van der Waals surface area contributed by atoms with Gasteiger partial charge in [-0.05, 0) is 19.9 Å². The third kappa shape index (κ3) is 1.90. The molecule has 20 heavy (non-hydrogen) atoms. The maximum absolute atomic E-state index is 9.15. The molecule has 0 spiro atoms. The number of furan rings is 1. The Balaban J connectivity index is 2.03. The maximum atomic E-state index is 9.15. The van der Waals surface area contributed by atoms with Crippen LogP contribution >= 0.6 is 0 Å². The smallest absolute Gasteiger partial charge is 0.237 e. The number of nitrogens with one attached hydrogen (secondary N) is 1. The van der Waals surface area contributed by atoms with Crippen molar-refractivity contribution in [3.8, 4) is 6.07 Å². The first-order chi connectivity index (χ1) is 9.70. The first kappa shape index (κ1) is 12.2. The monoisotopic (exact) mass is 263 g/mol. The standard InChI is InChI=1S/C16H13N3O/c1-10-11(2)20-16(14(10)7-17)19-9-12-8-18-15-6-4-3-5-13(12)15/h3-6,8-9,18H,1-2H3. The molecule has 2 aromatic heterocycles. The van der Waals surface area contributed by atoms with Crippen LogP contribution in [0.5, 0.6) is 0 Å². The Morgan fingerprint density at radius 2 is 2.10 bits per heavy atom. The lowest BCUT2D eigenvalue weighted by atomic mass is 10.2. The lowest BCUT2D eigenvalue weighted by Crippen LogP contribution is -1.78. The first-order valence-corrected chi connectivity index (χ1v) is 6.31. The molecule has 98 valence electrons. The third-order valence-corrected chi connectivity index (χ3v) is 3.42. The number of fused-ring (bicyclic) bond motifs is 1. The van der Waals surface area contributed by atoms with Crippen LogP contribution in [0.15, 0.2) is 39.9 Å². The van der Waals surface area contributed by atoms with E-state index >= 15 is 0 Å². The van der Waals surface area contributed by atoms with Gasteiger partial charge in [0.25, 0.3) is 0 Å². The Hall–Kier alpha value is -2.80. The summed E-state index contributed by atoms with van der Waals surface area (Å²) in [5.41, 5.74) is 3.37. The Labute approximate surface area is 116 Å². The van der Waals surface area contributed by atoms with Gasteiger partial charge in [-0.25, -0.2) is 4.99 Å². The molecule has 0 aliphatic carbocycles. The predicted molar refractivity (Wildman–Crippen MR) is 78.4 cm³/mol. The van der Waals surface area contributed by atoms with Crippen LogP contribution in [-0.4, -0.2) is 11.2 Å². The van der Waals surface area contributed by atoms with Gasteiger partial charge in [0.1, 0.15) is 17.4 Å². The fourth-order valence-corrected chi connectivity index (χ4v) is 2.16. The van der Waals surface area contributed by atoms with Crippen molar-refractivity contribution in [3.05, 3.63) is 52.9 Å². The summed E-state index contributed by atoms with van der Waals surface area (Å²) < 4.78 is 5.52. The van der Waals surface area contributed by atoms with Gasteiger partial charge in [0.2, 0.25) is 5.88 Å². The molecule has 0 aliphatic rings. The molecule has 3 aromatic rings. The molecule has 0 aliphatic heterocycles. The predicted octanol–water partition coefficient (Wildman–Crippen LogP) is 4.00. The van der Waals surface area contributed by atoms with Crippen molar-refractivity contribution in [1.29, 1.82) is 5.26 Å². The number of nitriles is 1. The third-order valence-electron chi connectivity index (χ3n) is 3.42. The summed E-state index contributed by atoms with van der Waals surface area (Å²) in [6.07, 6.45) is 3.61. The molecule has 0 atom stereocenters. The highest BCUT2D eigenvalue weighted by Crippen LogP contribution is 2.28. The summed E-state index contributed by atoms with van der Waals surface area (Å²) in [6.45, 7) is 3.70. The highest BCUT2D eigenvalue weighted by atomic mass is 16.4. The second-order valence-corrected chi connectivity index (χ2v) is 4.62. The quantitative estimate of drug-likeness (QED) is 0.710. The Bertz CT molecular complexity index is 846. The van der Waals surface area contributed by atoms with Gasteiger partial charge >= 0.3 is 0 Å². The van der Waals surface area contributed by atoms with E-state index in [0.717, 1.165) is 27.8 Å². The molecule has 0 fully saturated rings. The van der Waals surface area contributed by atoms with Crippen molar-refractivity contribution in [3.63, 3.8) is 0 Å². The Morgan fingerprint density at radius 1 is 1.30 bits per heavy atom. The summed E-state index contributed by atoms with van der Waals surface area (Å²) in [4.78, 5) is 7.50. The molecule has 4 nitrogen and oxygen atoms in total. The van der Waals surface area contributed by atoms with E-state index in [1.165, 1.54) is 0 Å². The van der Waals surface area contributed by atoms with E-state index < -0.39 is 0 Å². The van der Waals surface area contributed by atoms with Crippen molar-refractivity contribution < 1.29 is 4.42 Å². The average molecular weight is 263 g/mol. The zero-order chi connectivity index (χ0) is 14.1. The number of benzene rings is 1. The lowest BCUT2D eigenvalue weighted by molar-refractivity contribution is 0.542. The number of aromatic amines is 1. The highest BCUT2D eigenvalue weighted by Gasteiger charge is 2.13. The number of para-hydroxylation sites is 1. The molecule has 0 amide bonds. The number of aryl methyl sites for hydroxylation is 1. The summed E-state index contributed by atoms with van der Waals surface area (Å²) in [6, 6.07) is 10.1. The molecule has 1 N–H and O–H groups in total. The van der Waals surface area contributed by atoms with E-state index in [2.05, 4.69) is 16.0 Å². The molecule has 0 bridgehead atoms. The van der Waals surface area contributed by atoms with Crippen LogP contribution in [0.3, 0.4) is 0 Å². The molecular weight excluding hydrogens is 250 g/mol. The molecule has 1 aromatic carbocycles. The summed E-state index contributed by atoms with van der Waals surface area (Å²) >= 11 is 0. The van der Waals surface area contributed by atoms with E-state index in [1.807, 2.05) is 44.3 Å². The van der Waals surface area contributed by atoms with E-state index in [9.17, 15) is 0 Å². The van der Waals surface area contributed by atoms with Gasteiger partial charge in [0.15, 0.2) is 0 Å². The van der Waals surface area contributed by atoms with Gasteiger partial charge in [0, 0.05) is 34.4 Å². The normalized spacial score (nSPS) is 11.2. The Morgan fingerprint density at radius 3 is 2.90 bits per heavy atom. The number of aliphatic imine (C=N–C) groups is 1. The van der Waals surface area contributed by atoms with Crippen LogP contribution in [0, 0.1) is 25.2 Å². The van der Waals surface area contributed by atoms with Crippen LogP contribution in [0.2, 0.25) is 0 Å². The van der Waals surface area contributed by atoms with Gasteiger partial charge < -0.3 is 9.40 Å². The zero-order valence-corrected chi connectivity index (χ0v) is 11.3. The van der Waals surface area contributed by atoms with Gasteiger partial charge in [-0.15, -0.1) is 0 Å². The van der Waals surface area contributed by atoms with Crippen molar-refractivity contribution >= 4 is 23.0 Å². The second-order valence-electron chi connectivity index (χ2n) is 4.62. The summed E-state index contributed by atoms with van der Waals surface area (Å²) in [7, 11) is 0. The number of rotatable bonds is 2. The minimum Gasteiger partial charge on any atom is -0.442 e. The number of hydrogen-bond donors (Lipinski definition) is 1. The van der Waals surface area contributed by atoms with Gasteiger partial charge in [-0.3, -0.25) is 0 Å². The topological polar surface area (TPSA) is 65.1 Å². The molecule has 2 heterocycles. The number of nitrogens with zero attached hydrogens (tertiary/aromatic N) is 2. The molecule has 4 heteroatoms. The number of hydrogen-bond acceptors (Lipinski definition) is 3. The maximum Gasteiger partial charge on any atom is 0.237 e.